The van der Waals surface area contributed by atoms with Gasteiger partial charge in [0.2, 0.25) is 5.78 Å². The summed E-state index contributed by atoms with van der Waals surface area (Å²) in [5, 5.41) is 14.9. The Kier molecular flexibility index (Phi) is 6.00. The highest BCUT2D eigenvalue weighted by Gasteiger charge is 2.18. The molecular weight excluding hydrogens is 330 g/mol. The zero-order valence-electron chi connectivity index (χ0n) is 13.5. The Bertz CT molecular complexity index is 716. The number of urea groups is 1. The fourth-order valence-electron chi connectivity index (χ4n) is 2.10. The summed E-state index contributed by atoms with van der Waals surface area (Å²) in [6.07, 6.45) is 1.65. The maximum atomic E-state index is 12.5. The van der Waals surface area contributed by atoms with Gasteiger partial charge < -0.3 is 20.7 Å². The molecule has 0 fully saturated rings. The number of aromatic nitrogens is 1. The minimum absolute atomic E-state index is 0.0288. The van der Waals surface area contributed by atoms with Gasteiger partial charge in [0.25, 0.3) is 0 Å². The molecule has 1 aromatic carbocycles. The zero-order valence-corrected chi connectivity index (χ0v) is 14.2. The molecule has 1 heterocycles. The summed E-state index contributed by atoms with van der Waals surface area (Å²) in [6.45, 7) is 3.60. The molecule has 0 saturated carbocycles. The molecule has 2 unspecified atom stereocenters. The third-order valence-corrected chi connectivity index (χ3v) is 4.05. The lowest BCUT2D eigenvalue weighted by atomic mass is 10.1. The highest BCUT2D eigenvalue weighted by molar-refractivity contribution is 6.31. The van der Waals surface area contributed by atoms with Gasteiger partial charge in [-0.2, -0.15) is 0 Å². The van der Waals surface area contributed by atoms with Gasteiger partial charge in [0, 0.05) is 29.4 Å². The monoisotopic (exact) mass is 349 g/mol. The molecule has 0 spiro atoms. The van der Waals surface area contributed by atoms with Crippen molar-refractivity contribution in [1.29, 1.82) is 0 Å². The molecule has 6 nitrogen and oxygen atoms in total. The molecule has 24 heavy (non-hydrogen) atoms. The summed E-state index contributed by atoms with van der Waals surface area (Å²) in [5.41, 5.74) is 1.06. The molecule has 1 aromatic heterocycles. The molecule has 0 saturated heterocycles. The number of halogens is 1. The number of amides is 2. The van der Waals surface area contributed by atoms with E-state index in [0.717, 1.165) is 0 Å². The Morgan fingerprint density at radius 1 is 1.29 bits per heavy atom. The van der Waals surface area contributed by atoms with Crippen molar-refractivity contribution in [3.63, 3.8) is 0 Å². The highest BCUT2D eigenvalue weighted by atomic mass is 35.5. The molecule has 2 aromatic rings. The van der Waals surface area contributed by atoms with Crippen LogP contribution in [0.15, 0.2) is 36.5 Å². The Morgan fingerprint density at radius 2 is 2.04 bits per heavy atom. The van der Waals surface area contributed by atoms with E-state index in [1.165, 1.54) is 6.07 Å². The van der Waals surface area contributed by atoms with Crippen LogP contribution in [0, 0.1) is 5.92 Å². The van der Waals surface area contributed by atoms with Gasteiger partial charge in [-0.05, 0) is 43.2 Å². The molecule has 4 N–H and O–H groups in total. The number of anilines is 1. The van der Waals surface area contributed by atoms with Crippen LogP contribution in [-0.2, 0) is 0 Å². The molecule has 0 aliphatic heterocycles. The summed E-state index contributed by atoms with van der Waals surface area (Å²) in [6, 6.07) is 7.39. The van der Waals surface area contributed by atoms with Crippen LogP contribution < -0.4 is 10.6 Å². The number of rotatable bonds is 6. The maximum absolute atomic E-state index is 12.5. The average Bonchev–Trinajstić information content (AvgIpc) is 3.09. The molecule has 0 aliphatic rings. The molecule has 128 valence electrons. The number of aliphatic hydroxyl groups excluding tert-OH is 1. The quantitative estimate of drug-likeness (QED) is 0.604. The highest BCUT2D eigenvalue weighted by Crippen LogP contribution is 2.23. The van der Waals surface area contributed by atoms with Crippen molar-refractivity contribution < 1.29 is 14.7 Å². The van der Waals surface area contributed by atoms with Crippen LogP contribution in [0.5, 0.6) is 0 Å². The van der Waals surface area contributed by atoms with E-state index in [2.05, 4.69) is 15.6 Å². The van der Waals surface area contributed by atoms with Crippen molar-refractivity contribution in [2.24, 2.45) is 5.92 Å². The smallest absolute Gasteiger partial charge is 0.319 e. The summed E-state index contributed by atoms with van der Waals surface area (Å²) < 4.78 is 0. The third kappa shape index (κ3) is 4.37. The van der Waals surface area contributed by atoms with E-state index in [0.29, 0.717) is 22.0 Å². The number of nitrogens with one attached hydrogen (secondary N) is 3. The van der Waals surface area contributed by atoms with Gasteiger partial charge in [-0.25, -0.2) is 4.79 Å². The van der Waals surface area contributed by atoms with Crippen molar-refractivity contribution >= 4 is 29.1 Å². The second-order valence-corrected chi connectivity index (χ2v) is 6.09. The Hall–Kier alpha value is -2.31. The van der Waals surface area contributed by atoms with E-state index >= 15 is 0 Å². The van der Waals surface area contributed by atoms with Crippen molar-refractivity contribution in [3.05, 3.63) is 52.8 Å². The first-order chi connectivity index (χ1) is 11.4. The molecule has 0 bridgehead atoms. The van der Waals surface area contributed by atoms with Crippen LogP contribution in [0.1, 0.15) is 29.9 Å². The number of hydrogen-bond acceptors (Lipinski definition) is 3. The minimum atomic E-state index is -0.453. The lowest BCUT2D eigenvalue weighted by Crippen LogP contribution is -2.41. The van der Waals surface area contributed by atoms with E-state index in [1.807, 2.05) is 6.92 Å². The molecule has 2 atom stereocenters. The van der Waals surface area contributed by atoms with Crippen LogP contribution in [0.2, 0.25) is 5.02 Å². The molecule has 7 heteroatoms. The van der Waals surface area contributed by atoms with Crippen LogP contribution in [0.4, 0.5) is 10.5 Å². The van der Waals surface area contributed by atoms with Crippen molar-refractivity contribution in [3.8, 4) is 0 Å². The number of aliphatic hydroxyl groups is 1. The van der Waals surface area contributed by atoms with E-state index < -0.39 is 6.03 Å². The van der Waals surface area contributed by atoms with E-state index in [-0.39, 0.29) is 24.3 Å². The maximum Gasteiger partial charge on any atom is 0.319 e. The van der Waals surface area contributed by atoms with E-state index in [1.54, 1.807) is 37.4 Å². The Morgan fingerprint density at radius 3 is 2.67 bits per heavy atom. The SMILES string of the molecule is CC(CO)C(C)NC(=O)Nc1ccc(Cl)cc1C(=O)c1ccc[nH]1. The number of hydrogen-bond donors (Lipinski definition) is 4. The number of aromatic amines is 1. The topological polar surface area (TPSA) is 94.2 Å². The molecule has 0 radical (unpaired) electrons. The lowest BCUT2D eigenvalue weighted by Gasteiger charge is -2.20. The van der Waals surface area contributed by atoms with Crippen LogP contribution in [-0.4, -0.2) is 34.6 Å². The van der Waals surface area contributed by atoms with E-state index in [9.17, 15) is 9.59 Å². The summed E-state index contributed by atoms with van der Waals surface area (Å²) in [5.74, 6) is -0.351. The lowest BCUT2D eigenvalue weighted by molar-refractivity contribution is 0.103. The molecule has 0 aliphatic carbocycles. The number of ketones is 1. The van der Waals surface area contributed by atoms with Gasteiger partial charge in [0.05, 0.1) is 11.4 Å². The average molecular weight is 350 g/mol. The summed E-state index contributed by atoms with van der Waals surface area (Å²) >= 11 is 5.98. The second-order valence-electron chi connectivity index (χ2n) is 5.65. The first-order valence-corrected chi connectivity index (χ1v) is 7.96. The van der Waals surface area contributed by atoms with Crippen molar-refractivity contribution in [2.75, 3.05) is 11.9 Å². The third-order valence-electron chi connectivity index (χ3n) is 3.82. The minimum Gasteiger partial charge on any atom is -0.396 e. The Balaban J connectivity index is 2.18. The first-order valence-electron chi connectivity index (χ1n) is 7.58. The van der Waals surface area contributed by atoms with Crippen LogP contribution in [0.3, 0.4) is 0 Å². The number of carbonyl (C=O) groups excluding carboxylic acids is 2. The molecule has 2 rings (SSSR count). The molecular formula is C17H20ClN3O3. The largest absolute Gasteiger partial charge is 0.396 e. The van der Waals surface area contributed by atoms with Gasteiger partial charge >= 0.3 is 6.03 Å². The van der Waals surface area contributed by atoms with Crippen LogP contribution in [0.25, 0.3) is 0 Å². The van der Waals surface area contributed by atoms with Crippen molar-refractivity contribution in [1.82, 2.24) is 10.3 Å². The van der Waals surface area contributed by atoms with Crippen LogP contribution >= 0.6 is 11.6 Å². The second kappa shape index (κ2) is 7.99. The number of benzene rings is 1. The predicted octanol–water partition coefficient (Wildman–Crippen LogP) is 3.04. The molecule has 2 amide bonds. The first kappa shape index (κ1) is 18.0. The van der Waals surface area contributed by atoms with Gasteiger partial charge in [-0.3, -0.25) is 4.79 Å². The fraction of sp³-hybridized carbons (Fsp3) is 0.294. The van der Waals surface area contributed by atoms with Gasteiger partial charge in [0.15, 0.2) is 0 Å². The van der Waals surface area contributed by atoms with Gasteiger partial charge in [-0.15, -0.1) is 0 Å². The Labute approximate surface area is 145 Å². The van der Waals surface area contributed by atoms with Crippen molar-refractivity contribution in [2.45, 2.75) is 19.9 Å². The predicted molar refractivity (Wildman–Crippen MR) is 93.5 cm³/mol. The standard InChI is InChI=1S/C17H20ClN3O3/c1-10(9-22)11(2)20-17(24)21-14-6-5-12(18)8-13(14)16(23)15-4-3-7-19-15/h3-8,10-11,19,22H,9H2,1-2H3,(H2,20,21,24). The number of carbonyl (C=O) groups is 2. The zero-order chi connectivity index (χ0) is 17.7. The van der Waals surface area contributed by atoms with Gasteiger partial charge in [-0.1, -0.05) is 18.5 Å². The summed E-state index contributed by atoms with van der Waals surface area (Å²) in [7, 11) is 0. The summed E-state index contributed by atoms with van der Waals surface area (Å²) in [4.78, 5) is 27.5. The number of H-pyrrole nitrogens is 1. The normalized spacial score (nSPS) is 13.2. The van der Waals surface area contributed by atoms with E-state index in [4.69, 9.17) is 16.7 Å². The van der Waals surface area contributed by atoms with Gasteiger partial charge in [0.1, 0.15) is 0 Å². The fourth-order valence-corrected chi connectivity index (χ4v) is 2.27.